The Labute approximate surface area is 137 Å². The number of aromatic nitrogens is 1. The highest BCUT2D eigenvalue weighted by Crippen LogP contribution is 2.07. The molecular formula is C19H24N2O2. The van der Waals surface area contributed by atoms with Gasteiger partial charge in [-0.25, -0.2) is 0 Å². The average molecular weight is 312 g/mol. The number of amides is 1. The Morgan fingerprint density at radius 3 is 2.65 bits per heavy atom. The van der Waals surface area contributed by atoms with Crippen LogP contribution in [-0.2, 0) is 17.6 Å². The van der Waals surface area contributed by atoms with Gasteiger partial charge in [-0.05, 0) is 37.5 Å². The van der Waals surface area contributed by atoms with E-state index >= 15 is 0 Å². The maximum atomic E-state index is 11.9. The Hall–Kier alpha value is -2.20. The number of carbonyl (C=O) groups is 1. The number of aryl methyl sites for hydroxylation is 2. The Morgan fingerprint density at radius 1 is 1.22 bits per heavy atom. The van der Waals surface area contributed by atoms with Crippen molar-refractivity contribution in [1.29, 1.82) is 0 Å². The monoisotopic (exact) mass is 312 g/mol. The molecule has 1 aromatic carbocycles. The summed E-state index contributed by atoms with van der Waals surface area (Å²) in [6.45, 7) is 2.56. The van der Waals surface area contributed by atoms with Crippen LogP contribution in [-0.4, -0.2) is 29.1 Å². The van der Waals surface area contributed by atoms with Crippen molar-refractivity contribution >= 4 is 5.91 Å². The van der Waals surface area contributed by atoms with E-state index in [4.69, 9.17) is 0 Å². The van der Waals surface area contributed by atoms with E-state index in [1.807, 2.05) is 25.1 Å². The maximum absolute atomic E-state index is 11.9. The van der Waals surface area contributed by atoms with Crippen molar-refractivity contribution in [3.8, 4) is 0 Å². The molecule has 0 spiro atoms. The number of nitrogens with one attached hydrogen (secondary N) is 1. The molecule has 1 amide bonds. The molecule has 23 heavy (non-hydrogen) atoms. The van der Waals surface area contributed by atoms with Gasteiger partial charge in [-0.3, -0.25) is 9.78 Å². The van der Waals surface area contributed by atoms with E-state index in [0.29, 0.717) is 19.4 Å². The maximum Gasteiger partial charge on any atom is 0.220 e. The molecule has 1 heterocycles. The first-order valence-electron chi connectivity index (χ1n) is 8.00. The summed E-state index contributed by atoms with van der Waals surface area (Å²) < 4.78 is 0. The van der Waals surface area contributed by atoms with Gasteiger partial charge in [0.15, 0.2) is 0 Å². The number of pyridine rings is 1. The van der Waals surface area contributed by atoms with Crippen LogP contribution in [0.4, 0.5) is 0 Å². The zero-order valence-corrected chi connectivity index (χ0v) is 13.5. The first kappa shape index (κ1) is 17.2. The molecule has 122 valence electrons. The number of aliphatic hydroxyl groups excluding tert-OH is 1. The lowest BCUT2D eigenvalue weighted by Gasteiger charge is -2.14. The minimum atomic E-state index is -0.00627. The molecule has 0 fully saturated rings. The van der Waals surface area contributed by atoms with Crippen LogP contribution in [0.15, 0.2) is 48.7 Å². The van der Waals surface area contributed by atoms with Gasteiger partial charge >= 0.3 is 0 Å². The van der Waals surface area contributed by atoms with E-state index in [1.165, 1.54) is 5.56 Å². The van der Waals surface area contributed by atoms with Gasteiger partial charge in [0.05, 0.1) is 0 Å². The van der Waals surface area contributed by atoms with Crippen LogP contribution in [0.2, 0.25) is 0 Å². The second-order valence-electron chi connectivity index (χ2n) is 5.86. The molecule has 4 nitrogen and oxygen atoms in total. The molecule has 1 atom stereocenters. The number of aliphatic hydroxyl groups is 1. The van der Waals surface area contributed by atoms with E-state index in [1.54, 1.807) is 6.20 Å². The fraction of sp³-hybridized carbons (Fsp3) is 0.368. The van der Waals surface area contributed by atoms with Gasteiger partial charge in [0.2, 0.25) is 5.91 Å². The molecule has 2 rings (SSSR count). The third-order valence-corrected chi connectivity index (χ3v) is 3.83. The standard InChI is InChI=1S/C19H24N2O2/c1-15-5-7-16(8-6-15)9-10-19(23)21-13-17(14-22)12-18-4-2-3-11-20-18/h2-8,11,17,22H,9-10,12-14H2,1H3,(H,21,23). The Bertz CT molecular complexity index is 597. The van der Waals surface area contributed by atoms with Gasteiger partial charge in [-0.15, -0.1) is 0 Å². The number of hydrogen-bond acceptors (Lipinski definition) is 3. The van der Waals surface area contributed by atoms with Crippen molar-refractivity contribution in [2.24, 2.45) is 5.92 Å². The van der Waals surface area contributed by atoms with Crippen LogP contribution in [0.1, 0.15) is 23.2 Å². The molecule has 0 saturated carbocycles. The normalized spacial score (nSPS) is 11.9. The zero-order valence-electron chi connectivity index (χ0n) is 13.5. The summed E-state index contributed by atoms with van der Waals surface area (Å²) in [4.78, 5) is 16.2. The van der Waals surface area contributed by atoms with Gasteiger partial charge < -0.3 is 10.4 Å². The summed E-state index contributed by atoms with van der Waals surface area (Å²) in [6, 6.07) is 14.0. The van der Waals surface area contributed by atoms with Crippen LogP contribution in [0.5, 0.6) is 0 Å². The molecule has 0 saturated heterocycles. The zero-order chi connectivity index (χ0) is 16.5. The second kappa shape index (κ2) is 9.06. The van der Waals surface area contributed by atoms with Crippen molar-refractivity contribution in [2.45, 2.75) is 26.2 Å². The van der Waals surface area contributed by atoms with Crippen molar-refractivity contribution in [3.63, 3.8) is 0 Å². The molecule has 2 aromatic rings. The van der Waals surface area contributed by atoms with Crippen molar-refractivity contribution in [2.75, 3.05) is 13.2 Å². The highest BCUT2D eigenvalue weighted by Gasteiger charge is 2.11. The van der Waals surface area contributed by atoms with Crippen molar-refractivity contribution in [3.05, 3.63) is 65.5 Å². The Balaban J connectivity index is 1.72. The van der Waals surface area contributed by atoms with Crippen LogP contribution >= 0.6 is 0 Å². The molecule has 0 radical (unpaired) electrons. The Morgan fingerprint density at radius 2 is 2.00 bits per heavy atom. The summed E-state index contributed by atoms with van der Waals surface area (Å²) in [7, 11) is 0. The molecule has 0 aliphatic carbocycles. The number of rotatable bonds is 8. The van der Waals surface area contributed by atoms with E-state index in [2.05, 4.69) is 34.6 Å². The lowest BCUT2D eigenvalue weighted by atomic mass is 10.0. The molecule has 0 aliphatic heterocycles. The van der Waals surface area contributed by atoms with Crippen LogP contribution in [0, 0.1) is 12.8 Å². The SMILES string of the molecule is Cc1ccc(CCC(=O)NCC(CO)Cc2ccccn2)cc1. The topological polar surface area (TPSA) is 62.2 Å². The summed E-state index contributed by atoms with van der Waals surface area (Å²) in [5.74, 6) is 0.0123. The molecule has 2 N–H and O–H groups in total. The van der Waals surface area contributed by atoms with Gasteiger partial charge in [0.1, 0.15) is 0 Å². The minimum absolute atomic E-state index is 0.00627. The number of benzene rings is 1. The van der Waals surface area contributed by atoms with Gasteiger partial charge in [0.25, 0.3) is 0 Å². The lowest BCUT2D eigenvalue weighted by Crippen LogP contribution is -2.32. The number of carbonyl (C=O) groups excluding carboxylic acids is 1. The molecule has 1 unspecified atom stereocenters. The minimum Gasteiger partial charge on any atom is -0.396 e. The van der Waals surface area contributed by atoms with Gasteiger partial charge in [-0.2, -0.15) is 0 Å². The second-order valence-corrected chi connectivity index (χ2v) is 5.86. The summed E-state index contributed by atoms with van der Waals surface area (Å²) in [6.07, 6.45) is 3.60. The van der Waals surface area contributed by atoms with Gasteiger partial charge in [-0.1, -0.05) is 35.9 Å². The molecule has 0 bridgehead atoms. The molecule has 0 aliphatic rings. The van der Waals surface area contributed by atoms with E-state index in [-0.39, 0.29) is 18.4 Å². The fourth-order valence-electron chi connectivity index (χ4n) is 2.38. The summed E-state index contributed by atoms with van der Waals surface area (Å²) in [5.41, 5.74) is 3.32. The van der Waals surface area contributed by atoms with Crippen LogP contribution in [0.25, 0.3) is 0 Å². The number of nitrogens with zero attached hydrogens (tertiary/aromatic N) is 1. The van der Waals surface area contributed by atoms with Gasteiger partial charge in [0, 0.05) is 37.4 Å². The third kappa shape index (κ3) is 6.20. The first-order valence-corrected chi connectivity index (χ1v) is 8.00. The lowest BCUT2D eigenvalue weighted by molar-refractivity contribution is -0.121. The fourth-order valence-corrected chi connectivity index (χ4v) is 2.38. The first-order chi connectivity index (χ1) is 11.2. The van der Waals surface area contributed by atoms with Crippen LogP contribution < -0.4 is 5.32 Å². The molecule has 1 aromatic heterocycles. The molecule has 4 heteroatoms. The average Bonchev–Trinajstić information content (AvgIpc) is 2.59. The number of hydrogen-bond donors (Lipinski definition) is 2. The van der Waals surface area contributed by atoms with E-state index < -0.39 is 0 Å². The summed E-state index contributed by atoms with van der Waals surface area (Å²) in [5, 5.41) is 12.4. The van der Waals surface area contributed by atoms with Crippen LogP contribution in [0.3, 0.4) is 0 Å². The molecular weight excluding hydrogens is 288 g/mol. The van der Waals surface area contributed by atoms with Crippen molar-refractivity contribution in [1.82, 2.24) is 10.3 Å². The highest BCUT2D eigenvalue weighted by molar-refractivity contribution is 5.76. The van der Waals surface area contributed by atoms with E-state index in [0.717, 1.165) is 17.7 Å². The highest BCUT2D eigenvalue weighted by atomic mass is 16.3. The largest absolute Gasteiger partial charge is 0.396 e. The van der Waals surface area contributed by atoms with Crippen molar-refractivity contribution < 1.29 is 9.90 Å². The quantitative estimate of drug-likeness (QED) is 0.786. The third-order valence-electron chi connectivity index (χ3n) is 3.83. The predicted octanol–water partition coefficient (Wildman–Crippen LogP) is 2.29. The Kier molecular flexibility index (Phi) is 6.76. The predicted molar refractivity (Wildman–Crippen MR) is 91.0 cm³/mol. The summed E-state index contributed by atoms with van der Waals surface area (Å²) >= 11 is 0. The van der Waals surface area contributed by atoms with E-state index in [9.17, 15) is 9.90 Å². The smallest absolute Gasteiger partial charge is 0.220 e.